The van der Waals surface area contributed by atoms with Crippen LogP contribution in [0, 0.1) is 0 Å². The minimum absolute atomic E-state index is 0.0556. The number of fused-ring (bicyclic) bond motifs is 3. The number of likely N-dealkylation sites (N-methyl/N-ethyl adjacent to an activating group) is 1. The summed E-state index contributed by atoms with van der Waals surface area (Å²) in [5, 5.41) is 9.80. The highest BCUT2D eigenvalue weighted by Gasteiger charge is 2.34. The van der Waals surface area contributed by atoms with E-state index in [0.29, 0.717) is 0 Å². The number of alkyl halides is 2. The maximum absolute atomic E-state index is 13.0. The van der Waals surface area contributed by atoms with Crippen molar-refractivity contribution in [3.05, 3.63) is 95.1 Å². The van der Waals surface area contributed by atoms with Gasteiger partial charge in [0.05, 0.1) is 0 Å². The third-order valence-corrected chi connectivity index (χ3v) is 5.96. The molecule has 4 rings (SSSR count). The standard InChI is InChI=1S/C26H23F2NO4/c1-2-29(23(25(30)31)16-11-13-17(14-12-16)24(27)28)26(32)33-15-22-20-9-5-3-7-18(20)19-8-4-6-10-21(19)22/h3-14,22-24H,2,15H2,1H3,(H,30,31). The molecule has 0 fully saturated rings. The highest BCUT2D eigenvalue weighted by Crippen LogP contribution is 2.44. The van der Waals surface area contributed by atoms with Crippen molar-refractivity contribution in [2.75, 3.05) is 13.2 Å². The summed E-state index contributed by atoms with van der Waals surface area (Å²) in [5.41, 5.74) is 4.28. The number of carboxylic acids is 1. The van der Waals surface area contributed by atoms with E-state index < -0.39 is 24.5 Å². The Kier molecular flexibility index (Phi) is 6.40. The zero-order valence-electron chi connectivity index (χ0n) is 17.9. The van der Waals surface area contributed by atoms with Crippen molar-refractivity contribution in [2.45, 2.75) is 25.3 Å². The largest absolute Gasteiger partial charge is 0.479 e. The number of carboxylic acid groups (broad SMARTS) is 1. The van der Waals surface area contributed by atoms with Crippen LogP contribution in [-0.2, 0) is 9.53 Å². The lowest BCUT2D eigenvalue weighted by Crippen LogP contribution is -2.39. The van der Waals surface area contributed by atoms with Gasteiger partial charge in [0.2, 0.25) is 0 Å². The van der Waals surface area contributed by atoms with Crippen molar-refractivity contribution in [3.63, 3.8) is 0 Å². The fourth-order valence-corrected chi connectivity index (χ4v) is 4.37. The number of carbonyl (C=O) groups is 2. The van der Waals surface area contributed by atoms with E-state index in [0.717, 1.165) is 27.2 Å². The van der Waals surface area contributed by atoms with Crippen molar-refractivity contribution >= 4 is 12.1 Å². The normalized spacial score (nSPS) is 13.3. The molecule has 1 aliphatic carbocycles. The molecule has 3 aromatic rings. The molecule has 0 saturated heterocycles. The molecular weight excluding hydrogens is 428 g/mol. The van der Waals surface area contributed by atoms with Crippen LogP contribution in [0.15, 0.2) is 72.8 Å². The molecule has 7 heteroatoms. The van der Waals surface area contributed by atoms with Crippen LogP contribution in [0.25, 0.3) is 11.1 Å². The number of carbonyl (C=O) groups excluding carboxylic acids is 1. The van der Waals surface area contributed by atoms with E-state index in [1.807, 2.05) is 48.5 Å². The summed E-state index contributed by atoms with van der Waals surface area (Å²) in [4.78, 5) is 26.1. The molecule has 0 spiro atoms. The van der Waals surface area contributed by atoms with Crippen LogP contribution in [0.5, 0.6) is 0 Å². The van der Waals surface area contributed by atoms with E-state index in [1.165, 1.54) is 24.3 Å². The number of hydrogen-bond acceptors (Lipinski definition) is 3. The molecule has 0 bridgehead atoms. The van der Waals surface area contributed by atoms with Gasteiger partial charge in [0, 0.05) is 18.0 Å². The molecular formula is C26H23F2NO4. The van der Waals surface area contributed by atoms with Crippen LogP contribution in [0.2, 0.25) is 0 Å². The lowest BCUT2D eigenvalue weighted by Gasteiger charge is -2.28. The third kappa shape index (κ3) is 4.31. The Balaban J connectivity index is 1.55. The molecule has 1 unspecified atom stereocenters. The number of rotatable bonds is 7. The Hall–Kier alpha value is -3.74. The fraction of sp³-hybridized carbons (Fsp3) is 0.231. The number of hydrogen-bond donors (Lipinski definition) is 1. The number of aliphatic carboxylic acids is 1. The van der Waals surface area contributed by atoms with Gasteiger partial charge in [0.1, 0.15) is 6.61 Å². The van der Waals surface area contributed by atoms with Crippen molar-refractivity contribution in [1.29, 1.82) is 0 Å². The van der Waals surface area contributed by atoms with Gasteiger partial charge in [-0.1, -0.05) is 72.8 Å². The molecule has 1 N–H and O–H groups in total. The van der Waals surface area contributed by atoms with Gasteiger partial charge in [0.15, 0.2) is 6.04 Å². The predicted molar refractivity (Wildman–Crippen MR) is 119 cm³/mol. The molecule has 1 atom stereocenters. The smallest absolute Gasteiger partial charge is 0.410 e. The highest BCUT2D eigenvalue weighted by atomic mass is 19.3. The lowest BCUT2D eigenvalue weighted by molar-refractivity contribution is -0.143. The molecule has 1 aliphatic rings. The number of nitrogens with zero attached hydrogens (tertiary/aromatic N) is 1. The Morgan fingerprint density at radius 1 is 0.909 bits per heavy atom. The zero-order chi connectivity index (χ0) is 23.5. The summed E-state index contributed by atoms with van der Waals surface area (Å²) >= 11 is 0. The second-order valence-electron chi connectivity index (χ2n) is 7.80. The van der Waals surface area contributed by atoms with Crippen LogP contribution in [0.1, 0.15) is 47.6 Å². The maximum Gasteiger partial charge on any atom is 0.410 e. The van der Waals surface area contributed by atoms with Crippen LogP contribution >= 0.6 is 0 Å². The van der Waals surface area contributed by atoms with Crippen LogP contribution in [0.4, 0.5) is 13.6 Å². The summed E-state index contributed by atoms with van der Waals surface area (Å²) in [7, 11) is 0. The van der Waals surface area contributed by atoms with Crippen LogP contribution in [-0.4, -0.2) is 35.2 Å². The maximum atomic E-state index is 13.0. The number of amides is 1. The average molecular weight is 451 g/mol. The molecule has 0 saturated carbocycles. The highest BCUT2D eigenvalue weighted by molar-refractivity contribution is 5.82. The topological polar surface area (TPSA) is 66.8 Å². The summed E-state index contributed by atoms with van der Waals surface area (Å²) in [5.74, 6) is -1.43. The molecule has 1 amide bonds. The number of ether oxygens (including phenoxy) is 1. The fourth-order valence-electron chi connectivity index (χ4n) is 4.37. The Labute approximate surface area is 190 Å². The minimum atomic E-state index is -2.66. The van der Waals surface area contributed by atoms with Gasteiger partial charge in [0.25, 0.3) is 6.43 Å². The summed E-state index contributed by atoms with van der Waals surface area (Å²) < 4.78 is 31.4. The SMILES string of the molecule is CCN(C(=O)OCC1c2ccccc2-c2ccccc21)C(C(=O)O)c1ccc(C(F)F)cc1. The first-order chi connectivity index (χ1) is 15.9. The average Bonchev–Trinajstić information content (AvgIpc) is 3.14. The molecule has 0 aliphatic heterocycles. The summed E-state index contributed by atoms with van der Waals surface area (Å²) in [6.07, 6.45) is -3.43. The lowest BCUT2D eigenvalue weighted by atomic mass is 9.98. The van der Waals surface area contributed by atoms with E-state index in [9.17, 15) is 23.5 Å². The quantitative estimate of drug-likeness (QED) is 0.477. The van der Waals surface area contributed by atoms with E-state index in [1.54, 1.807) is 6.92 Å². The molecule has 33 heavy (non-hydrogen) atoms. The second kappa shape index (κ2) is 9.40. The molecule has 0 aromatic heterocycles. The molecule has 0 radical (unpaired) electrons. The first kappa shape index (κ1) is 22.5. The van der Waals surface area contributed by atoms with Crippen molar-refractivity contribution in [3.8, 4) is 11.1 Å². The van der Waals surface area contributed by atoms with Gasteiger partial charge >= 0.3 is 12.1 Å². The van der Waals surface area contributed by atoms with Crippen molar-refractivity contribution < 1.29 is 28.2 Å². The molecule has 170 valence electrons. The van der Waals surface area contributed by atoms with Gasteiger partial charge in [-0.15, -0.1) is 0 Å². The molecule has 5 nitrogen and oxygen atoms in total. The van der Waals surface area contributed by atoms with Crippen molar-refractivity contribution in [2.24, 2.45) is 0 Å². The summed E-state index contributed by atoms with van der Waals surface area (Å²) in [6, 6.07) is 19.4. The number of halogens is 2. The van der Waals surface area contributed by atoms with Crippen molar-refractivity contribution in [1.82, 2.24) is 4.90 Å². The first-order valence-corrected chi connectivity index (χ1v) is 10.6. The van der Waals surface area contributed by atoms with Gasteiger partial charge in [-0.2, -0.15) is 0 Å². The predicted octanol–water partition coefficient (Wildman–Crippen LogP) is 6.02. The molecule has 3 aromatic carbocycles. The second-order valence-corrected chi connectivity index (χ2v) is 7.80. The van der Waals surface area contributed by atoms with Gasteiger partial charge < -0.3 is 9.84 Å². The van der Waals surface area contributed by atoms with Crippen LogP contribution in [0.3, 0.4) is 0 Å². The third-order valence-electron chi connectivity index (χ3n) is 5.96. The van der Waals surface area contributed by atoms with Gasteiger partial charge in [-0.05, 0) is 34.7 Å². The van der Waals surface area contributed by atoms with E-state index in [-0.39, 0.29) is 30.2 Å². The van der Waals surface area contributed by atoms with E-state index in [4.69, 9.17) is 4.74 Å². The van der Waals surface area contributed by atoms with Crippen LogP contribution < -0.4 is 0 Å². The Morgan fingerprint density at radius 3 is 1.91 bits per heavy atom. The van der Waals surface area contributed by atoms with E-state index >= 15 is 0 Å². The summed E-state index contributed by atoms with van der Waals surface area (Å²) in [6.45, 7) is 1.77. The molecule has 0 heterocycles. The van der Waals surface area contributed by atoms with E-state index in [2.05, 4.69) is 0 Å². The van der Waals surface area contributed by atoms with Gasteiger partial charge in [-0.3, -0.25) is 4.90 Å². The minimum Gasteiger partial charge on any atom is -0.479 e. The zero-order valence-corrected chi connectivity index (χ0v) is 17.9. The number of benzene rings is 3. The first-order valence-electron chi connectivity index (χ1n) is 10.6. The Bertz CT molecular complexity index is 1120. The monoisotopic (exact) mass is 451 g/mol. The van der Waals surface area contributed by atoms with Gasteiger partial charge in [-0.25, -0.2) is 18.4 Å². The Morgan fingerprint density at radius 2 is 1.42 bits per heavy atom.